The minimum Gasteiger partial charge on any atom is -0.419 e. The van der Waals surface area contributed by atoms with E-state index in [4.69, 9.17) is 9.40 Å². The van der Waals surface area contributed by atoms with Crippen molar-refractivity contribution in [2.45, 2.75) is 37.7 Å². The summed E-state index contributed by atoms with van der Waals surface area (Å²) in [6.07, 6.45) is 1.71. The maximum atomic E-state index is 13.1. The summed E-state index contributed by atoms with van der Waals surface area (Å²) in [4.78, 5) is 19.7. The van der Waals surface area contributed by atoms with Gasteiger partial charge in [0.15, 0.2) is 5.16 Å². The lowest BCUT2D eigenvalue weighted by Gasteiger charge is -2.12. The molecule has 0 amide bonds. The summed E-state index contributed by atoms with van der Waals surface area (Å²) in [5.74, 6) is 0.969. The maximum absolute atomic E-state index is 13.1. The van der Waals surface area contributed by atoms with Gasteiger partial charge in [-0.25, -0.2) is 4.98 Å². The Hall–Kier alpha value is -2.71. The van der Waals surface area contributed by atoms with Crippen LogP contribution >= 0.6 is 23.1 Å². The van der Waals surface area contributed by atoms with E-state index in [1.165, 1.54) is 11.8 Å². The first-order chi connectivity index (χ1) is 14.0. The number of aromatic nitrogens is 4. The Morgan fingerprint density at radius 2 is 2.03 bits per heavy atom. The zero-order chi connectivity index (χ0) is 20.5. The van der Waals surface area contributed by atoms with Crippen molar-refractivity contribution in [1.29, 1.82) is 0 Å². The largest absolute Gasteiger partial charge is 0.419 e. The normalized spacial score (nSPS) is 12.4. The summed E-state index contributed by atoms with van der Waals surface area (Å²) in [5.41, 5.74) is 1.83. The Labute approximate surface area is 176 Å². The average molecular weight is 425 g/mol. The maximum Gasteiger partial charge on any atom is 0.263 e. The number of thioether (sulfide) groups is 1. The summed E-state index contributed by atoms with van der Waals surface area (Å²) in [5, 5.41) is 9.50. The predicted molar refractivity (Wildman–Crippen MR) is 118 cm³/mol. The van der Waals surface area contributed by atoms with Crippen molar-refractivity contribution in [1.82, 2.24) is 19.7 Å². The van der Waals surface area contributed by atoms with Crippen molar-refractivity contribution in [3.8, 4) is 11.5 Å². The van der Waals surface area contributed by atoms with Gasteiger partial charge in [0.25, 0.3) is 5.56 Å². The zero-order valence-electron chi connectivity index (χ0n) is 16.4. The third-order valence-corrected chi connectivity index (χ3v) is 6.84. The van der Waals surface area contributed by atoms with Crippen molar-refractivity contribution in [2.75, 3.05) is 0 Å². The Bertz CT molecular complexity index is 1240. The van der Waals surface area contributed by atoms with Crippen LogP contribution < -0.4 is 5.56 Å². The lowest BCUT2D eigenvalue weighted by molar-refractivity contribution is 0.508. The van der Waals surface area contributed by atoms with Crippen LogP contribution in [0, 0.1) is 13.8 Å². The van der Waals surface area contributed by atoms with Gasteiger partial charge in [0.1, 0.15) is 4.83 Å². The van der Waals surface area contributed by atoms with E-state index in [0.717, 1.165) is 20.8 Å². The van der Waals surface area contributed by atoms with Gasteiger partial charge < -0.3 is 4.42 Å². The van der Waals surface area contributed by atoms with Crippen LogP contribution in [-0.2, 0) is 6.54 Å². The second-order valence-corrected chi connectivity index (χ2v) is 9.14. The first kappa shape index (κ1) is 19.6. The quantitative estimate of drug-likeness (QED) is 0.242. The van der Waals surface area contributed by atoms with E-state index in [1.54, 1.807) is 22.0 Å². The molecule has 0 aliphatic rings. The zero-order valence-corrected chi connectivity index (χ0v) is 18.0. The first-order valence-electron chi connectivity index (χ1n) is 9.16. The standard InChI is InChI=1S/C21H20N4O2S2/c1-5-11-25-20(26)16-12(2)13(3)28-19(16)22-21(25)29-14(4)17-23-24-18(27-17)15-9-7-6-8-10-15/h5-10,14H,1,11H2,2-4H3. The molecule has 1 aromatic carbocycles. The van der Waals surface area contributed by atoms with E-state index in [1.807, 2.05) is 51.1 Å². The Morgan fingerprint density at radius 1 is 1.28 bits per heavy atom. The van der Waals surface area contributed by atoms with E-state index in [-0.39, 0.29) is 10.8 Å². The smallest absolute Gasteiger partial charge is 0.263 e. The number of fused-ring (bicyclic) bond motifs is 1. The highest BCUT2D eigenvalue weighted by Crippen LogP contribution is 2.36. The molecule has 0 N–H and O–H groups in total. The molecule has 29 heavy (non-hydrogen) atoms. The summed E-state index contributed by atoms with van der Waals surface area (Å²) in [7, 11) is 0. The fraction of sp³-hybridized carbons (Fsp3) is 0.238. The van der Waals surface area contributed by atoms with E-state index >= 15 is 0 Å². The fourth-order valence-electron chi connectivity index (χ4n) is 2.99. The highest BCUT2D eigenvalue weighted by atomic mass is 32.2. The second-order valence-electron chi connectivity index (χ2n) is 6.63. The van der Waals surface area contributed by atoms with Gasteiger partial charge in [-0.3, -0.25) is 9.36 Å². The van der Waals surface area contributed by atoms with Crippen molar-refractivity contribution >= 4 is 33.3 Å². The van der Waals surface area contributed by atoms with Crippen molar-refractivity contribution in [3.05, 3.63) is 69.7 Å². The highest BCUT2D eigenvalue weighted by Gasteiger charge is 2.21. The molecule has 3 heterocycles. The second kappa shape index (κ2) is 7.96. The number of aryl methyl sites for hydroxylation is 2. The molecule has 1 unspecified atom stereocenters. The van der Waals surface area contributed by atoms with Crippen LogP contribution in [0.3, 0.4) is 0 Å². The average Bonchev–Trinajstić information content (AvgIpc) is 3.31. The summed E-state index contributed by atoms with van der Waals surface area (Å²) in [6, 6.07) is 9.64. The van der Waals surface area contributed by atoms with Crippen LogP contribution in [0.1, 0.15) is 28.5 Å². The molecule has 0 fully saturated rings. The molecule has 0 aliphatic heterocycles. The van der Waals surface area contributed by atoms with Gasteiger partial charge >= 0.3 is 0 Å². The van der Waals surface area contributed by atoms with Crippen LogP contribution in [0.2, 0.25) is 0 Å². The SMILES string of the molecule is C=CCn1c(SC(C)c2nnc(-c3ccccc3)o2)nc2sc(C)c(C)c2c1=O. The molecule has 0 saturated carbocycles. The van der Waals surface area contributed by atoms with E-state index < -0.39 is 0 Å². The molecule has 0 aliphatic carbocycles. The number of allylic oxidation sites excluding steroid dienone is 1. The monoisotopic (exact) mass is 424 g/mol. The van der Waals surface area contributed by atoms with Gasteiger partial charge in [-0.05, 0) is 38.5 Å². The van der Waals surface area contributed by atoms with E-state index in [2.05, 4.69) is 16.8 Å². The van der Waals surface area contributed by atoms with Gasteiger partial charge in [0, 0.05) is 17.0 Å². The Kier molecular flexibility index (Phi) is 5.38. The van der Waals surface area contributed by atoms with E-state index in [9.17, 15) is 4.79 Å². The summed E-state index contributed by atoms with van der Waals surface area (Å²) < 4.78 is 7.53. The van der Waals surface area contributed by atoms with Gasteiger partial charge in [-0.15, -0.1) is 28.1 Å². The molecular formula is C21H20N4O2S2. The first-order valence-corrected chi connectivity index (χ1v) is 10.9. The number of nitrogens with zero attached hydrogens (tertiary/aromatic N) is 4. The number of benzene rings is 1. The third-order valence-electron chi connectivity index (χ3n) is 4.66. The molecule has 148 valence electrons. The molecule has 0 saturated heterocycles. The minimum atomic E-state index is -0.164. The number of rotatable bonds is 6. The molecule has 1 atom stereocenters. The molecule has 4 aromatic rings. The molecular weight excluding hydrogens is 404 g/mol. The lowest BCUT2D eigenvalue weighted by atomic mass is 10.2. The van der Waals surface area contributed by atoms with Crippen molar-refractivity contribution in [2.24, 2.45) is 0 Å². The lowest BCUT2D eigenvalue weighted by Crippen LogP contribution is -2.22. The molecule has 4 rings (SSSR count). The Balaban J connectivity index is 1.70. The van der Waals surface area contributed by atoms with Crippen LogP contribution in [0.15, 0.2) is 57.4 Å². The molecule has 6 nitrogen and oxygen atoms in total. The van der Waals surface area contributed by atoms with Gasteiger partial charge in [0.2, 0.25) is 11.8 Å². The fourth-order valence-corrected chi connectivity index (χ4v) is 5.01. The summed E-state index contributed by atoms with van der Waals surface area (Å²) in [6.45, 7) is 10.1. The van der Waals surface area contributed by atoms with Crippen LogP contribution in [0.5, 0.6) is 0 Å². The molecule has 0 spiro atoms. The predicted octanol–water partition coefficient (Wildman–Crippen LogP) is 5.16. The molecule has 3 aromatic heterocycles. The number of thiophene rings is 1. The Morgan fingerprint density at radius 3 is 2.76 bits per heavy atom. The van der Waals surface area contributed by atoms with Gasteiger partial charge in [-0.2, -0.15) is 0 Å². The van der Waals surface area contributed by atoms with Crippen LogP contribution in [0.4, 0.5) is 0 Å². The molecule has 8 heteroatoms. The molecule has 0 radical (unpaired) electrons. The third kappa shape index (κ3) is 3.65. The highest BCUT2D eigenvalue weighted by molar-refractivity contribution is 7.99. The van der Waals surface area contributed by atoms with Crippen LogP contribution in [0.25, 0.3) is 21.7 Å². The van der Waals surface area contributed by atoms with Gasteiger partial charge in [0.05, 0.1) is 10.6 Å². The van der Waals surface area contributed by atoms with Crippen molar-refractivity contribution in [3.63, 3.8) is 0 Å². The van der Waals surface area contributed by atoms with Crippen LogP contribution in [-0.4, -0.2) is 19.7 Å². The number of hydrogen-bond donors (Lipinski definition) is 0. The summed E-state index contributed by atoms with van der Waals surface area (Å²) >= 11 is 2.97. The number of hydrogen-bond acceptors (Lipinski definition) is 7. The minimum absolute atomic E-state index is 0.0399. The van der Waals surface area contributed by atoms with Gasteiger partial charge in [-0.1, -0.05) is 36.0 Å². The molecule has 0 bridgehead atoms. The topological polar surface area (TPSA) is 73.8 Å². The van der Waals surface area contributed by atoms with E-state index in [0.29, 0.717) is 28.9 Å². The van der Waals surface area contributed by atoms with Crippen molar-refractivity contribution < 1.29 is 4.42 Å².